The van der Waals surface area contributed by atoms with Crippen molar-refractivity contribution in [3.63, 3.8) is 0 Å². The fraction of sp³-hybridized carbons (Fsp3) is 0.261. The zero-order chi connectivity index (χ0) is 21.5. The molecule has 0 aliphatic carbocycles. The number of ether oxygens (including phenoxy) is 3. The number of aromatic nitrogens is 2. The smallest absolute Gasteiger partial charge is 0.263 e. The second-order valence-electron chi connectivity index (χ2n) is 6.94. The van der Waals surface area contributed by atoms with Gasteiger partial charge in [-0.2, -0.15) is 0 Å². The molecule has 1 aliphatic rings. The van der Waals surface area contributed by atoms with E-state index in [9.17, 15) is 4.79 Å². The highest BCUT2D eigenvalue weighted by Crippen LogP contribution is 2.28. The van der Waals surface area contributed by atoms with Crippen LogP contribution in [0.2, 0.25) is 0 Å². The first-order chi connectivity index (χ1) is 15.2. The average molecular weight is 420 g/mol. The zero-order valence-electron chi connectivity index (χ0n) is 17.3. The molecule has 4 rings (SSSR count). The predicted molar refractivity (Wildman–Crippen MR) is 116 cm³/mol. The van der Waals surface area contributed by atoms with Crippen LogP contribution in [-0.2, 0) is 11.3 Å². The number of hydrogen-bond donors (Lipinski definition) is 1. The summed E-state index contributed by atoms with van der Waals surface area (Å²) in [5.74, 6) is 2.33. The Labute approximate surface area is 180 Å². The number of hydrogen-bond acceptors (Lipinski definition) is 7. The van der Waals surface area contributed by atoms with Crippen molar-refractivity contribution in [3.8, 4) is 17.4 Å². The van der Waals surface area contributed by atoms with Gasteiger partial charge in [0, 0.05) is 37.6 Å². The summed E-state index contributed by atoms with van der Waals surface area (Å²) in [6, 6.07) is 14.5. The van der Waals surface area contributed by atoms with Gasteiger partial charge in [-0.1, -0.05) is 12.1 Å². The van der Waals surface area contributed by atoms with Crippen LogP contribution in [0.3, 0.4) is 0 Å². The third-order valence-electron chi connectivity index (χ3n) is 4.90. The molecule has 1 aromatic heterocycles. The van der Waals surface area contributed by atoms with Gasteiger partial charge in [0.15, 0.2) is 5.82 Å². The van der Waals surface area contributed by atoms with Crippen LogP contribution in [0.15, 0.2) is 60.9 Å². The van der Waals surface area contributed by atoms with Crippen molar-refractivity contribution in [2.24, 2.45) is 0 Å². The first-order valence-corrected chi connectivity index (χ1v) is 10.1. The molecule has 1 N–H and O–H groups in total. The van der Waals surface area contributed by atoms with Crippen LogP contribution < -0.4 is 19.7 Å². The zero-order valence-corrected chi connectivity index (χ0v) is 17.3. The highest BCUT2D eigenvalue weighted by molar-refractivity contribution is 5.94. The topological polar surface area (TPSA) is 85.8 Å². The van der Waals surface area contributed by atoms with E-state index in [4.69, 9.17) is 14.2 Å². The summed E-state index contributed by atoms with van der Waals surface area (Å²) in [5, 5.41) is 2.91. The molecule has 0 spiro atoms. The summed E-state index contributed by atoms with van der Waals surface area (Å²) in [6.07, 6.45) is 3.24. The summed E-state index contributed by atoms with van der Waals surface area (Å²) >= 11 is 0. The minimum absolute atomic E-state index is 0.157. The number of methoxy groups -OCH3 is 1. The van der Waals surface area contributed by atoms with Crippen LogP contribution in [0.25, 0.3) is 0 Å². The van der Waals surface area contributed by atoms with Crippen LogP contribution >= 0.6 is 0 Å². The monoisotopic (exact) mass is 420 g/mol. The lowest BCUT2D eigenvalue weighted by Gasteiger charge is -2.28. The Bertz CT molecular complexity index is 1000. The minimum atomic E-state index is -0.157. The van der Waals surface area contributed by atoms with Crippen LogP contribution in [0, 0.1) is 0 Å². The maximum Gasteiger partial charge on any atom is 0.263 e. The molecule has 0 unspecified atom stereocenters. The molecule has 0 radical (unpaired) electrons. The number of carbonyl (C=O) groups excluding carboxylic acids is 1. The molecule has 8 nitrogen and oxygen atoms in total. The van der Waals surface area contributed by atoms with Crippen molar-refractivity contribution >= 4 is 11.7 Å². The molecule has 3 aromatic rings. The average Bonchev–Trinajstić information content (AvgIpc) is 2.84. The van der Waals surface area contributed by atoms with Gasteiger partial charge >= 0.3 is 0 Å². The quantitative estimate of drug-likeness (QED) is 0.629. The van der Waals surface area contributed by atoms with E-state index in [1.807, 2.05) is 24.3 Å². The fourth-order valence-electron chi connectivity index (χ4n) is 3.20. The summed E-state index contributed by atoms with van der Waals surface area (Å²) in [7, 11) is 1.62. The fourth-order valence-corrected chi connectivity index (χ4v) is 3.20. The maximum atomic E-state index is 12.5. The van der Waals surface area contributed by atoms with Gasteiger partial charge in [-0.25, -0.2) is 9.97 Å². The van der Waals surface area contributed by atoms with E-state index in [1.54, 1.807) is 43.8 Å². The molecule has 0 saturated carbocycles. The number of benzene rings is 2. The molecule has 1 aliphatic heterocycles. The predicted octanol–water partition coefficient (Wildman–Crippen LogP) is 3.04. The lowest BCUT2D eigenvalue weighted by atomic mass is 10.2. The Morgan fingerprint density at radius 2 is 1.68 bits per heavy atom. The second kappa shape index (κ2) is 9.90. The van der Waals surface area contributed by atoms with Gasteiger partial charge < -0.3 is 24.4 Å². The van der Waals surface area contributed by atoms with Gasteiger partial charge in [0.25, 0.3) is 11.8 Å². The molecule has 2 aromatic carbocycles. The van der Waals surface area contributed by atoms with Crippen LogP contribution in [0.1, 0.15) is 15.9 Å². The summed E-state index contributed by atoms with van der Waals surface area (Å²) in [6.45, 7) is 3.21. The van der Waals surface area contributed by atoms with Gasteiger partial charge in [0.2, 0.25) is 0 Å². The Morgan fingerprint density at radius 3 is 2.39 bits per heavy atom. The molecule has 160 valence electrons. The molecule has 1 fully saturated rings. The third kappa shape index (κ3) is 5.29. The molecule has 1 amide bonds. The molecule has 0 atom stereocenters. The minimum Gasteiger partial charge on any atom is -0.497 e. The van der Waals surface area contributed by atoms with E-state index in [2.05, 4.69) is 20.2 Å². The molecular formula is C23H24N4O4. The molecule has 2 heterocycles. The van der Waals surface area contributed by atoms with Crippen LogP contribution in [0.4, 0.5) is 5.82 Å². The van der Waals surface area contributed by atoms with Crippen molar-refractivity contribution < 1.29 is 19.0 Å². The second-order valence-corrected chi connectivity index (χ2v) is 6.94. The molecule has 0 bridgehead atoms. The lowest BCUT2D eigenvalue weighted by Crippen LogP contribution is -2.37. The highest BCUT2D eigenvalue weighted by Gasteiger charge is 2.18. The SMILES string of the molecule is COc1ccc(CNC(=O)c2ccc(Oc3nccnc3N3CCOCC3)cc2)cc1. The normalized spacial score (nSPS) is 13.5. The number of rotatable bonds is 7. The van der Waals surface area contributed by atoms with Crippen molar-refractivity contribution in [1.29, 1.82) is 0 Å². The molecule has 8 heteroatoms. The molecular weight excluding hydrogens is 396 g/mol. The van der Waals surface area contributed by atoms with E-state index in [0.29, 0.717) is 42.8 Å². The molecule has 1 saturated heterocycles. The summed E-state index contributed by atoms with van der Waals surface area (Å²) in [4.78, 5) is 23.3. The standard InChI is InChI=1S/C23H24N4O4/c1-29-19-6-2-17(3-7-19)16-26-22(28)18-4-8-20(9-5-18)31-23-21(24-10-11-25-23)27-12-14-30-15-13-27/h2-11H,12-16H2,1H3,(H,26,28). The maximum absolute atomic E-state index is 12.5. The van der Waals surface area contributed by atoms with Gasteiger partial charge in [0.1, 0.15) is 11.5 Å². The number of amides is 1. The number of nitrogens with zero attached hydrogens (tertiary/aromatic N) is 3. The number of nitrogens with one attached hydrogen (secondary N) is 1. The third-order valence-corrected chi connectivity index (χ3v) is 4.90. The van der Waals surface area contributed by atoms with E-state index in [0.717, 1.165) is 24.4 Å². The van der Waals surface area contributed by atoms with Gasteiger partial charge in [-0.15, -0.1) is 0 Å². The lowest BCUT2D eigenvalue weighted by molar-refractivity contribution is 0.0951. The van der Waals surface area contributed by atoms with Gasteiger partial charge in [0.05, 0.1) is 20.3 Å². The Hall–Kier alpha value is -3.65. The number of carbonyl (C=O) groups is 1. The van der Waals surface area contributed by atoms with E-state index < -0.39 is 0 Å². The Morgan fingerprint density at radius 1 is 1.00 bits per heavy atom. The summed E-state index contributed by atoms with van der Waals surface area (Å²) in [5.41, 5.74) is 1.54. The summed E-state index contributed by atoms with van der Waals surface area (Å²) < 4.78 is 16.5. The van der Waals surface area contributed by atoms with E-state index >= 15 is 0 Å². The van der Waals surface area contributed by atoms with Crippen molar-refractivity contribution in [2.45, 2.75) is 6.54 Å². The van der Waals surface area contributed by atoms with Crippen molar-refractivity contribution in [3.05, 3.63) is 72.1 Å². The van der Waals surface area contributed by atoms with Gasteiger partial charge in [-0.05, 0) is 42.0 Å². The van der Waals surface area contributed by atoms with Crippen molar-refractivity contribution in [2.75, 3.05) is 38.3 Å². The highest BCUT2D eigenvalue weighted by atomic mass is 16.5. The van der Waals surface area contributed by atoms with Crippen LogP contribution in [0.5, 0.6) is 17.4 Å². The first-order valence-electron chi connectivity index (χ1n) is 10.1. The molecule has 31 heavy (non-hydrogen) atoms. The van der Waals surface area contributed by atoms with E-state index in [1.165, 1.54) is 0 Å². The van der Waals surface area contributed by atoms with Crippen LogP contribution in [-0.4, -0.2) is 49.3 Å². The number of anilines is 1. The Balaban J connectivity index is 1.37. The first kappa shape index (κ1) is 20.6. The Kier molecular flexibility index (Phi) is 6.59. The van der Waals surface area contributed by atoms with E-state index in [-0.39, 0.29) is 5.91 Å². The van der Waals surface area contributed by atoms with Gasteiger partial charge in [-0.3, -0.25) is 4.79 Å². The number of morpholine rings is 1. The largest absolute Gasteiger partial charge is 0.497 e. The van der Waals surface area contributed by atoms with Crippen molar-refractivity contribution in [1.82, 2.24) is 15.3 Å².